The van der Waals surface area contributed by atoms with E-state index in [0.29, 0.717) is 12.4 Å². The van der Waals surface area contributed by atoms with Gasteiger partial charge in [0.15, 0.2) is 11.3 Å². The molecule has 0 bridgehead atoms. The predicted molar refractivity (Wildman–Crippen MR) is 141 cm³/mol. The zero-order chi connectivity index (χ0) is 23.9. The van der Waals surface area contributed by atoms with Crippen molar-refractivity contribution in [3.05, 3.63) is 86.0 Å². The third kappa shape index (κ3) is 6.03. The van der Waals surface area contributed by atoms with E-state index >= 15 is 0 Å². The Labute approximate surface area is 231 Å². The van der Waals surface area contributed by atoms with Crippen molar-refractivity contribution in [2.45, 2.75) is 39.3 Å². The minimum Gasteiger partial charge on any atom is -0.380 e. The number of nitrogen functional groups attached to an aromatic ring is 1. The number of hydrogen-bond donors (Lipinski definition) is 3. The summed E-state index contributed by atoms with van der Waals surface area (Å²) in [7, 11) is 0. The standard InChI is InChI=1S/C16H19N4.C12H13N2.U/c1-3-5-10-13-19-14-15(20(13)4-2)11-8-6-7-9-12(11)18-16(14)17;1-2-13-9-11-6-3-5-10-7-4-8-14-12(10)11;/h6-9H,2-5,10H2,1H3,(H2,17,18);3-8,13H,1-2,9H2;/q2*-1;+2/p+1. The number of unbranched alkanes of at least 4 members (excludes halogenated alkanes) is 1. The van der Waals surface area contributed by atoms with Gasteiger partial charge in [-0.05, 0) is 36.7 Å². The summed E-state index contributed by atoms with van der Waals surface area (Å²) in [5.41, 5.74) is 11.4. The number of nitrogens with one attached hydrogen (secondary N) is 2. The second-order valence-electron chi connectivity index (χ2n) is 8.23. The maximum atomic E-state index is 6.11. The second-order valence-corrected chi connectivity index (χ2v) is 8.23. The van der Waals surface area contributed by atoms with Crippen LogP contribution >= 0.6 is 0 Å². The number of nitrogens with zero attached hydrogens (tertiary/aromatic N) is 3. The van der Waals surface area contributed by atoms with Gasteiger partial charge in [-0.1, -0.05) is 49.7 Å². The van der Waals surface area contributed by atoms with E-state index in [-0.39, 0.29) is 31.1 Å². The molecule has 0 amide bonds. The fourth-order valence-electron chi connectivity index (χ4n) is 4.28. The van der Waals surface area contributed by atoms with Gasteiger partial charge in [0, 0.05) is 24.5 Å². The number of aromatic amines is 1. The van der Waals surface area contributed by atoms with Crippen molar-refractivity contribution in [1.29, 1.82) is 0 Å². The largest absolute Gasteiger partial charge is 2.00 e. The van der Waals surface area contributed by atoms with Crippen molar-refractivity contribution in [1.82, 2.24) is 20.3 Å². The molecule has 178 valence electrons. The molecule has 0 radical (unpaired) electrons. The number of H-pyrrole nitrogens is 1. The number of para-hydroxylation sites is 2. The molecule has 5 rings (SSSR count). The summed E-state index contributed by atoms with van der Waals surface area (Å²) in [5.74, 6) is 1.74. The summed E-state index contributed by atoms with van der Waals surface area (Å²) in [6.07, 6.45) is 5.16. The van der Waals surface area contributed by atoms with Gasteiger partial charge in [0.1, 0.15) is 0 Å². The number of imidazole rings is 1. The van der Waals surface area contributed by atoms with Crippen molar-refractivity contribution in [3.8, 4) is 0 Å². The van der Waals surface area contributed by atoms with Crippen LogP contribution in [-0.2, 0) is 19.5 Å². The van der Waals surface area contributed by atoms with E-state index in [2.05, 4.69) is 75.9 Å². The van der Waals surface area contributed by atoms with Crippen LogP contribution in [0.3, 0.4) is 0 Å². The van der Waals surface area contributed by atoms with Gasteiger partial charge >= 0.3 is 31.1 Å². The van der Waals surface area contributed by atoms with Gasteiger partial charge in [-0.25, -0.2) is 9.97 Å². The molecule has 0 atom stereocenters. The number of pyridine rings is 2. The zero-order valence-corrected chi connectivity index (χ0v) is 24.5. The van der Waals surface area contributed by atoms with Gasteiger partial charge in [-0.2, -0.15) is 0 Å². The summed E-state index contributed by atoms with van der Waals surface area (Å²) in [5, 5.41) is 5.52. The minimum atomic E-state index is 0. The number of rotatable bonds is 7. The molecule has 4 N–H and O–H groups in total. The van der Waals surface area contributed by atoms with Crippen LogP contribution in [0, 0.1) is 45.0 Å². The van der Waals surface area contributed by atoms with Crippen LogP contribution in [0.2, 0.25) is 0 Å². The van der Waals surface area contributed by atoms with E-state index in [0.717, 1.165) is 53.4 Å². The third-order valence-electron chi connectivity index (χ3n) is 5.96. The molecule has 0 aliphatic rings. The molecule has 0 aliphatic heterocycles. The molecule has 6 nitrogen and oxygen atoms in total. The SMILES string of the molecule is [CH2-]CNCc1cccc2cccnc12.[CH2-]C[n+]1c(CCCC)[nH]c2c(N)nc3ccccc3c21.[U+2]. The van der Waals surface area contributed by atoms with Crippen molar-refractivity contribution in [3.63, 3.8) is 0 Å². The molecule has 3 heterocycles. The molecule has 5 aromatic rings. The van der Waals surface area contributed by atoms with Crippen LogP contribution < -0.4 is 15.6 Å². The van der Waals surface area contributed by atoms with E-state index in [9.17, 15) is 0 Å². The predicted octanol–water partition coefficient (Wildman–Crippen LogP) is 4.92. The summed E-state index contributed by atoms with van der Waals surface area (Å²) < 4.78 is 2.23. The molecule has 0 spiro atoms. The number of fused-ring (bicyclic) bond motifs is 4. The molecule has 3 aromatic heterocycles. The van der Waals surface area contributed by atoms with Crippen molar-refractivity contribution in [2.24, 2.45) is 0 Å². The maximum absolute atomic E-state index is 6.11. The van der Waals surface area contributed by atoms with Crippen molar-refractivity contribution in [2.75, 3.05) is 12.3 Å². The van der Waals surface area contributed by atoms with E-state index in [4.69, 9.17) is 5.73 Å². The molecule has 0 saturated carbocycles. The zero-order valence-electron chi connectivity index (χ0n) is 20.3. The van der Waals surface area contributed by atoms with Crippen LogP contribution in [0.25, 0.3) is 32.8 Å². The first-order valence-corrected chi connectivity index (χ1v) is 11.9. The molecule has 0 fully saturated rings. The smallest absolute Gasteiger partial charge is 0.380 e. The number of nitrogens with two attached hydrogens (primary N) is 1. The molecular formula is C28H33N6U+. The molecule has 0 saturated heterocycles. The first-order valence-electron chi connectivity index (χ1n) is 11.9. The average molecular weight is 692 g/mol. The summed E-state index contributed by atoms with van der Waals surface area (Å²) in [6.45, 7) is 12.3. The number of anilines is 1. The van der Waals surface area contributed by atoms with Gasteiger partial charge in [0.05, 0.1) is 16.4 Å². The number of benzene rings is 2. The number of aryl methyl sites for hydroxylation is 1. The Morgan fingerprint density at radius 2 is 1.86 bits per heavy atom. The molecule has 7 heteroatoms. The first kappa shape index (κ1) is 27.1. The first-order chi connectivity index (χ1) is 16.7. The van der Waals surface area contributed by atoms with Gasteiger partial charge in [0.25, 0.3) is 5.82 Å². The van der Waals surface area contributed by atoms with Crippen molar-refractivity contribution >= 4 is 38.7 Å². The molecule has 35 heavy (non-hydrogen) atoms. The summed E-state index contributed by atoms with van der Waals surface area (Å²) in [4.78, 5) is 12.3. The minimum absolute atomic E-state index is 0. The Kier molecular flexibility index (Phi) is 10.1. The van der Waals surface area contributed by atoms with Crippen LogP contribution in [0.15, 0.2) is 60.8 Å². The van der Waals surface area contributed by atoms with Crippen LogP contribution in [0.5, 0.6) is 0 Å². The van der Waals surface area contributed by atoms with Gasteiger partial charge < -0.3 is 24.9 Å². The quantitative estimate of drug-likeness (QED) is 0.167. The van der Waals surface area contributed by atoms with E-state index in [1.54, 1.807) is 0 Å². The third-order valence-corrected chi connectivity index (χ3v) is 5.96. The van der Waals surface area contributed by atoms with Gasteiger partial charge in [-0.15, -0.1) is 6.54 Å². The second kappa shape index (κ2) is 13.0. The Morgan fingerprint density at radius 1 is 1.06 bits per heavy atom. The number of hydrogen-bond acceptors (Lipinski definition) is 4. The number of aromatic nitrogens is 4. The molecule has 2 aromatic carbocycles. The normalized spacial score (nSPS) is 10.8. The van der Waals surface area contributed by atoms with Crippen LogP contribution in [0.4, 0.5) is 5.82 Å². The molecule has 0 unspecified atom stereocenters. The summed E-state index contributed by atoms with van der Waals surface area (Å²) in [6, 6.07) is 18.4. The maximum Gasteiger partial charge on any atom is 2.00 e. The van der Waals surface area contributed by atoms with Gasteiger partial charge in [0.2, 0.25) is 5.52 Å². The molecular weight excluding hydrogens is 658 g/mol. The van der Waals surface area contributed by atoms with Crippen LogP contribution in [0.1, 0.15) is 31.2 Å². The topological polar surface area (TPSA) is 83.5 Å². The fourth-order valence-corrected chi connectivity index (χ4v) is 4.28. The van der Waals surface area contributed by atoms with Crippen molar-refractivity contribution < 1.29 is 35.7 Å². The Morgan fingerprint density at radius 3 is 2.63 bits per heavy atom. The Hall–Kier alpha value is -2.46. The average Bonchev–Trinajstić information content (AvgIpc) is 3.26. The molecule has 0 aliphatic carbocycles. The monoisotopic (exact) mass is 691 g/mol. The Bertz CT molecular complexity index is 1390. The van der Waals surface area contributed by atoms with E-state index in [1.807, 2.05) is 30.5 Å². The summed E-state index contributed by atoms with van der Waals surface area (Å²) >= 11 is 0. The van der Waals surface area contributed by atoms with E-state index < -0.39 is 0 Å². The Balaban J connectivity index is 0.000000202. The fraction of sp³-hybridized carbons (Fsp3) is 0.250. The van der Waals surface area contributed by atoms with Gasteiger partial charge in [-0.3, -0.25) is 9.55 Å². The van der Waals surface area contributed by atoms with E-state index in [1.165, 1.54) is 23.2 Å². The van der Waals surface area contributed by atoms with Crippen LogP contribution in [-0.4, -0.2) is 21.5 Å².